The minimum absolute atomic E-state index is 0.307. The normalized spacial score (nSPS) is 28.3. The fourth-order valence-corrected chi connectivity index (χ4v) is 4.71. The molecule has 0 amide bonds. The predicted molar refractivity (Wildman–Crippen MR) is 72.8 cm³/mol. The minimum atomic E-state index is -3.30. The molecule has 0 aliphatic heterocycles. The maximum atomic E-state index is 12.8. The van der Waals surface area contributed by atoms with Gasteiger partial charge < -0.3 is 14.2 Å². The lowest BCUT2D eigenvalue weighted by Crippen LogP contribution is -2.42. The van der Waals surface area contributed by atoms with Gasteiger partial charge in [0.1, 0.15) is 5.60 Å². The first-order valence-corrected chi connectivity index (χ1v) is 8.03. The largest absolute Gasteiger partial charge is 0.385 e. The van der Waals surface area contributed by atoms with Crippen molar-refractivity contribution in [2.75, 3.05) is 13.2 Å². The SMILES string of the molecule is C=CC[C@]1(O)C=CCC[C@H]1P(=O)(OCC)OCC. The smallest absolute Gasteiger partial charge is 0.336 e. The van der Waals surface area contributed by atoms with E-state index < -0.39 is 18.9 Å². The van der Waals surface area contributed by atoms with E-state index in [1.54, 1.807) is 26.0 Å². The molecule has 5 heteroatoms. The summed E-state index contributed by atoms with van der Waals surface area (Å²) in [4.78, 5) is 0. The number of allylic oxidation sites excluding steroid dienone is 1. The Kier molecular flexibility index (Phi) is 5.80. The molecule has 18 heavy (non-hydrogen) atoms. The fraction of sp³-hybridized carbons (Fsp3) is 0.692. The van der Waals surface area contributed by atoms with E-state index in [-0.39, 0.29) is 0 Å². The van der Waals surface area contributed by atoms with E-state index in [0.29, 0.717) is 26.1 Å². The first kappa shape index (κ1) is 15.6. The van der Waals surface area contributed by atoms with Crippen molar-refractivity contribution in [2.45, 2.75) is 44.4 Å². The third kappa shape index (κ3) is 3.33. The van der Waals surface area contributed by atoms with Gasteiger partial charge in [-0.15, -0.1) is 6.58 Å². The Labute approximate surface area is 109 Å². The summed E-state index contributed by atoms with van der Waals surface area (Å²) in [6, 6.07) is 0. The van der Waals surface area contributed by atoms with Crippen LogP contribution in [0.1, 0.15) is 33.1 Å². The molecule has 1 N–H and O–H groups in total. The standard InChI is InChI=1S/C13H23O4P/c1-4-10-13(14)11-8-7-9-12(13)18(15,16-5-2)17-6-3/h4,8,11-12,14H,1,5-7,9-10H2,2-3H3/t12-,13+/m1/s1. The molecule has 0 saturated heterocycles. The first-order chi connectivity index (χ1) is 8.52. The summed E-state index contributed by atoms with van der Waals surface area (Å²) in [5.41, 5.74) is -1.70. The molecule has 0 heterocycles. The number of aliphatic hydroxyl groups is 1. The number of hydrogen-bond acceptors (Lipinski definition) is 4. The van der Waals surface area contributed by atoms with Crippen LogP contribution in [-0.2, 0) is 13.6 Å². The summed E-state index contributed by atoms with van der Waals surface area (Å²) in [6.45, 7) is 7.81. The van der Waals surface area contributed by atoms with E-state index >= 15 is 0 Å². The summed E-state index contributed by atoms with van der Waals surface area (Å²) in [5.74, 6) is 0. The quantitative estimate of drug-likeness (QED) is 0.572. The van der Waals surface area contributed by atoms with Crippen molar-refractivity contribution in [3.63, 3.8) is 0 Å². The van der Waals surface area contributed by atoms with Crippen LogP contribution in [0.2, 0.25) is 0 Å². The predicted octanol–water partition coefficient (Wildman–Crippen LogP) is 3.28. The van der Waals surface area contributed by atoms with Crippen molar-refractivity contribution in [2.24, 2.45) is 0 Å². The molecular weight excluding hydrogens is 251 g/mol. The molecule has 0 bridgehead atoms. The van der Waals surface area contributed by atoms with Gasteiger partial charge in [0.25, 0.3) is 0 Å². The van der Waals surface area contributed by atoms with Gasteiger partial charge >= 0.3 is 7.60 Å². The molecule has 0 aromatic rings. The molecule has 1 aliphatic rings. The van der Waals surface area contributed by atoms with Gasteiger partial charge in [-0.05, 0) is 33.1 Å². The Hall–Kier alpha value is -0.410. The van der Waals surface area contributed by atoms with Gasteiger partial charge in [0.05, 0.1) is 18.9 Å². The lowest BCUT2D eigenvalue weighted by molar-refractivity contribution is 0.0653. The summed E-state index contributed by atoms with van der Waals surface area (Å²) in [6.07, 6.45) is 6.95. The van der Waals surface area contributed by atoms with Gasteiger partial charge in [-0.25, -0.2) is 0 Å². The first-order valence-electron chi connectivity index (χ1n) is 6.42. The van der Waals surface area contributed by atoms with Crippen molar-refractivity contribution >= 4 is 7.60 Å². The van der Waals surface area contributed by atoms with Crippen molar-refractivity contribution in [1.29, 1.82) is 0 Å². The molecule has 0 aromatic heterocycles. The molecule has 0 radical (unpaired) electrons. The molecule has 2 atom stereocenters. The van der Waals surface area contributed by atoms with Crippen molar-refractivity contribution < 1.29 is 18.7 Å². The molecule has 0 spiro atoms. The highest BCUT2D eigenvalue weighted by atomic mass is 31.2. The monoisotopic (exact) mass is 274 g/mol. The average Bonchev–Trinajstić information content (AvgIpc) is 2.30. The van der Waals surface area contributed by atoms with E-state index in [1.165, 1.54) is 0 Å². The Morgan fingerprint density at radius 3 is 2.61 bits per heavy atom. The number of rotatable bonds is 7. The van der Waals surface area contributed by atoms with Crippen LogP contribution in [0, 0.1) is 0 Å². The highest BCUT2D eigenvalue weighted by Crippen LogP contribution is 2.59. The van der Waals surface area contributed by atoms with Gasteiger partial charge in [0.15, 0.2) is 0 Å². The molecule has 0 aromatic carbocycles. The highest BCUT2D eigenvalue weighted by molar-refractivity contribution is 7.54. The van der Waals surface area contributed by atoms with Gasteiger partial charge in [-0.1, -0.05) is 18.2 Å². The lowest BCUT2D eigenvalue weighted by Gasteiger charge is -2.39. The van der Waals surface area contributed by atoms with Crippen molar-refractivity contribution in [1.82, 2.24) is 0 Å². The van der Waals surface area contributed by atoms with Crippen LogP contribution in [0.5, 0.6) is 0 Å². The zero-order chi connectivity index (χ0) is 13.6. The second-order valence-electron chi connectivity index (χ2n) is 4.35. The van der Waals surface area contributed by atoms with Gasteiger partial charge in [0.2, 0.25) is 0 Å². The van der Waals surface area contributed by atoms with Crippen LogP contribution < -0.4 is 0 Å². The maximum absolute atomic E-state index is 12.8. The molecule has 0 unspecified atom stereocenters. The minimum Gasteiger partial charge on any atom is -0.385 e. The van der Waals surface area contributed by atoms with Gasteiger partial charge in [-0.3, -0.25) is 4.57 Å². The Morgan fingerprint density at radius 2 is 2.11 bits per heavy atom. The summed E-state index contributed by atoms with van der Waals surface area (Å²) >= 11 is 0. The third-order valence-electron chi connectivity index (χ3n) is 3.06. The molecule has 1 rings (SSSR count). The van der Waals surface area contributed by atoms with Crippen LogP contribution in [0.4, 0.5) is 0 Å². The van der Waals surface area contributed by atoms with E-state index in [2.05, 4.69) is 6.58 Å². The van der Waals surface area contributed by atoms with Crippen LogP contribution in [0.3, 0.4) is 0 Å². The molecule has 4 nitrogen and oxygen atoms in total. The maximum Gasteiger partial charge on any atom is 0.336 e. The zero-order valence-electron chi connectivity index (χ0n) is 11.2. The van der Waals surface area contributed by atoms with E-state index in [0.717, 1.165) is 6.42 Å². The second kappa shape index (κ2) is 6.67. The molecule has 1 aliphatic carbocycles. The fourth-order valence-electron chi connectivity index (χ4n) is 2.35. The molecule has 0 saturated carbocycles. The van der Waals surface area contributed by atoms with Crippen LogP contribution >= 0.6 is 7.60 Å². The third-order valence-corrected chi connectivity index (χ3v) is 5.77. The van der Waals surface area contributed by atoms with Crippen molar-refractivity contribution in [3.8, 4) is 0 Å². The van der Waals surface area contributed by atoms with E-state index in [9.17, 15) is 9.67 Å². The summed E-state index contributed by atoms with van der Waals surface area (Å²) in [7, 11) is -3.30. The second-order valence-corrected chi connectivity index (χ2v) is 6.57. The van der Waals surface area contributed by atoms with Crippen LogP contribution in [-0.4, -0.2) is 29.6 Å². The molecular formula is C13H23O4P. The van der Waals surface area contributed by atoms with E-state index in [1.807, 2.05) is 6.08 Å². The molecule has 104 valence electrons. The summed E-state index contributed by atoms with van der Waals surface area (Å²) in [5, 5.41) is 10.6. The van der Waals surface area contributed by atoms with E-state index in [4.69, 9.17) is 9.05 Å². The van der Waals surface area contributed by atoms with Crippen LogP contribution in [0.25, 0.3) is 0 Å². The average molecular weight is 274 g/mol. The van der Waals surface area contributed by atoms with Gasteiger partial charge in [0, 0.05) is 0 Å². The van der Waals surface area contributed by atoms with Crippen LogP contribution in [0.15, 0.2) is 24.8 Å². The lowest BCUT2D eigenvalue weighted by atomic mass is 9.87. The topological polar surface area (TPSA) is 55.8 Å². The van der Waals surface area contributed by atoms with Crippen molar-refractivity contribution in [3.05, 3.63) is 24.8 Å². The highest BCUT2D eigenvalue weighted by Gasteiger charge is 2.48. The Balaban J connectivity index is 3.04. The Morgan fingerprint density at radius 1 is 1.50 bits per heavy atom. The number of hydrogen-bond donors (Lipinski definition) is 1. The Bertz CT molecular complexity index is 343. The summed E-state index contributed by atoms with van der Waals surface area (Å²) < 4.78 is 23.5. The zero-order valence-corrected chi connectivity index (χ0v) is 12.1. The van der Waals surface area contributed by atoms with Gasteiger partial charge in [-0.2, -0.15) is 0 Å². The molecule has 0 fully saturated rings.